The molecule has 0 radical (unpaired) electrons. The SMILES string of the molecule is O=C(c1ccccc1Cl)N1CCCN(c2nc(Cc3ccc(F)cc3)ns2)CC1. The fourth-order valence-electron chi connectivity index (χ4n) is 3.35. The van der Waals surface area contributed by atoms with Gasteiger partial charge in [0.25, 0.3) is 5.91 Å². The molecule has 0 bridgehead atoms. The molecule has 8 heteroatoms. The first kappa shape index (κ1) is 19.8. The molecule has 1 aromatic heterocycles. The minimum Gasteiger partial charge on any atom is -0.345 e. The summed E-state index contributed by atoms with van der Waals surface area (Å²) in [5, 5.41) is 1.34. The molecule has 2 aromatic carbocycles. The number of rotatable bonds is 4. The number of aromatic nitrogens is 2. The van der Waals surface area contributed by atoms with E-state index in [-0.39, 0.29) is 11.7 Å². The van der Waals surface area contributed by atoms with Gasteiger partial charge in [0.15, 0.2) is 0 Å². The number of anilines is 1. The Balaban J connectivity index is 1.40. The van der Waals surface area contributed by atoms with Gasteiger partial charge < -0.3 is 9.80 Å². The van der Waals surface area contributed by atoms with E-state index in [9.17, 15) is 9.18 Å². The molecule has 1 aliphatic rings. The van der Waals surface area contributed by atoms with Crippen LogP contribution in [0.5, 0.6) is 0 Å². The summed E-state index contributed by atoms with van der Waals surface area (Å²) in [5.74, 6) is 0.442. The summed E-state index contributed by atoms with van der Waals surface area (Å²) < 4.78 is 17.5. The van der Waals surface area contributed by atoms with Gasteiger partial charge in [0.05, 0.1) is 10.6 Å². The molecule has 0 unspecified atom stereocenters. The number of amides is 1. The summed E-state index contributed by atoms with van der Waals surface area (Å²) in [5.41, 5.74) is 1.52. The van der Waals surface area contributed by atoms with E-state index in [0.29, 0.717) is 36.6 Å². The third kappa shape index (κ3) is 4.74. The highest BCUT2D eigenvalue weighted by atomic mass is 35.5. The zero-order chi connectivity index (χ0) is 20.2. The van der Waals surface area contributed by atoms with Gasteiger partial charge in [0.1, 0.15) is 11.6 Å². The van der Waals surface area contributed by atoms with Crippen LogP contribution in [0.15, 0.2) is 48.5 Å². The first-order chi connectivity index (χ1) is 14.1. The summed E-state index contributed by atoms with van der Waals surface area (Å²) in [4.78, 5) is 21.5. The van der Waals surface area contributed by atoms with Crippen molar-refractivity contribution in [1.82, 2.24) is 14.3 Å². The van der Waals surface area contributed by atoms with Gasteiger partial charge in [-0.05, 0) is 36.2 Å². The largest absolute Gasteiger partial charge is 0.345 e. The Morgan fingerprint density at radius 2 is 1.86 bits per heavy atom. The van der Waals surface area contributed by atoms with E-state index in [1.54, 1.807) is 24.3 Å². The molecule has 1 amide bonds. The number of hydrogen-bond donors (Lipinski definition) is 0. The van der Waals surface area contributed by atoms with Crippen LogP contribution in [0, 0.1) is 5.82 Å². The van der Waals surface area contributed by atoms with Crippen LogP contribution in [0.25, 0.3) is 0 Å². The highest BCUT2D eigenvalue weighted by Gasteiger charge is 2.23. The van der Waals surface area contributed by atoms with Gasteiger partial charge >= 0.3 is 0 Å². The third-order valence-corrected chi connectivity index (χ3v) is 6.04. The minimum atomic E-state index is -0.249. The summed E-state index contributed by atoms with van der Waals surface area (Å²) in [6.07, 6.45) is 1.42. The molecule has 1 saturated heterocycles. The Labute approximate surface area is 177 Å². The molecule has 1 fully saturated rings. The molecule has 0 aliphatic carbocycles. The van der Waals surface area contributed by atoms with Crippen LogP contribution < -0.4 is 4.90 Å². The maximum absolute atomic E-state index is 13.1. The lowest BCUT2D eigenvalue weighted by molar-refractivity contribution is 0.0767. The van der Waals surface area contributed by atoms with E-state index in [4.69, 9.17) is 11.6 Å². The van der Waals surface area contributed by atoms with Crippen molar-refractivity contribution >= 4 is 34.2 Å². The Morgan fingerprint density at radius 3 is 2.66 bits per heavy atom. The van der Waals surface area contributed by atoms with Crippen LogP contribution in [-0.4, -0.2) is 46.3 Å². The Morgan fingerprint density at radius 1 is 1.07 bits per heavy atom. The normalized spacial score (nSPS) is 14.7. The standard InChI is InChI=1S/C21H20ClFN4OS/c22-18-5-2-1-4-17(18)20(28)26-10-3-11-27(13-12-26)21-24-19(25-29-21)14-15-6-8-16(23)9-7-15/h1-2,4-9H,3,10-14H2. The van der Waals surface area contributed by atoms with Crippen LogP contribution in [0.4, 0.5) is 9.52 Å². The van der Waals surface area contributed by atoms with Crippen molar-refractivity contribution in [3.63, 3.8) is 0 Å². The van der Waals surface area contributed by atoms with Crippen molar-refractivity contribution in [2.75, 3.05) is 31.1 Å². The van der Waals surface area contributed by atoms with Gasteiger partial charge in [-0.25, -0.2) is 9.37 Å². The van der Waals surface area contributed by atoms with Crippen molar-refractivity contribution < 1.29 is 9.18 Å². The van der Waals surface area contributed by atoms with Gasteiger partial charge in [-0.1, -0.05) is 35.9 Å². The molecule has 29 heavy (non-hydrogen) atoms. The van der Waals surface area contributed by atoms with Crippen LogP contribution >= 0.6 is 23.1 Å². The van der Waals surface area contributed by atoms with Gasteiger partial charge in [0, 0.05) is 44.1 Å². The van der Waals surface area contributed by atoms with E-state index in [1.165, 1.54) is 23.7 Å². The number of carbonyl (C=O) groups is 1. The molecule has 3 aromatic rings. The molecular weight excluding hydrogens is 411 g/mol. The smallest absolute Gasteiger partial charge is 0.255 e. The summed E-state index contributed by atoms with van der Waals surface area (Å²) >= 11 is 7.55. The summed E-state index contributed by atoms with van der Waals surface area (Å²) in [7, 11) is 0. The number of hydrogen-bond acceptors (Lipinski definition) is 5. The maximum atomic E-state index is 13.1. The number of carbonyl (C=O) groups excluding carboxylic acids is 1. The van der Waals surface area contributed by atoms with E-state index in [0.717, 1.165) is 29.5 Å². The van der Waals surface area contributed by atoms with E-state index in [1.807, 2.05) is 17.0 Å². The van der Waals surface area contributed by atoms with Gasteiger partial charge in [0.2, 0.25) is 5.13 Å². The average Bonchev–Trinajstić information content (AvgIpc) is 3.04. The molecule has 0 N–H and O–H groups in total. The lowest BCUT2D eigenvalue weighted by Crippen LogP contribution is -2.35. The van der Waals surface area contributed by atoms with Crippen molar-refractivity contribution in [2.45, 2.75) is 12.8 Å². The monoisotopic (exact) mass is 430 g/mol. The molecule has 150 valence electrons. The van der Waals surface area contributed by atoms with E-state index in [2.05, 4.69) is 14.3 Å². The lowest BCUT2D eigenvalue weighted by Gasteiger charge is -2.22. The molecule has 0 spiro atoms. The predicted octanol–water partition coefficient (Wildman–Crippen LogP) is 4.27. The molecule has 2 heterocycles. The zero-order valence-corrected chi connectivity index (χ0v) is 17.3. The second-order valence-corrected chi connectivity index (χ2v) is 8.05. The van der Waals surface area contributed by atoms with Crippen molar-refractivity contribution in [3.05, 3.63) is 76.3 Å². The van der Waals surface area contributed by atoms with Gasteiger partial charge in [-0.3, -0.25) is 4.79 Å². The molecule has 0 atom stereocenters. The second kappa shape index (κ2) is 8.88. The van der Waals surface area contributed by atoms with Crippen LogP contribution in [0.1, 0.15) is 28.2 Å². The fourth-order valence-corrected chi connectivity index (χ4v) is 4.30. The topological polar surface area (TPSA) is 49.3 Å². The zero-order valence-electron chi connectivity index (χ0n) is 15.7. The highest BCUT2D eigenvalue weighted by Crippen LogP contribution is 2.22. The fraction of sp³-hybridized carbons (Fsp3) is 0.286. The van der Waals surface area contributed by atoms with Gasteiger partial charge in [-0.15, -0.1) is 0 Å². The molecule has 0 saturated carbocycles. The van der Waals surface area contributed by atoms with Crippen molar-refractivity contribution in [3.8, 4) is 0 Å². The highest BCUT2D eigenvalue weighted by molar-refractivity contribution is 7.09. The first-order valence-electron chi connectivity index (χ1n) is 9.46. The van der Waals surface area contributed by atoms with E-state index < -0.39 is 0 Å². The average molecular weight is 431 g/mol. The summed E-state index contributed by atoms with van der Waals surface area (Å²) in [6.45, 7) is 2.80. The Bertz CT molecular complexity index is 994. The van der Waals surface area contributed by atoms with E-state index >= 15 is 0 Å². The van der Waals surface area contributed by atoms with Crippen LogP contribution in [0.3, 0.4) is 0 Å². The maximum Gasteiger partial charge on any atom is 0.255 e. The van der Waals surface area contributed by atoms with Crippen molar-refractivity contribution in [2.24, 2.45) is 0 Å². The summed E-state index contributed by atoms with van der Waals surface area (Å²) in [6, 6.07) is 13.5. The second-order valence-electron chi connectivity index (χ2n) is 6.91. The lowest BCUT2D eigenvalue weighted by atomic mass is 10.1. The Kier molecular flexibility index (Phi) is 6.06. The number of benzene rings is 2. The first-order valence-corrected chi connectivity index (χ1v) is 10.6. The van der Waals surface area contributed by atoms with Crippen LogP contribution in [-0.2, 0) is 6.42 Å². The van der Waals surface area contributed by atoms with Gasteiger partial charge in [-0.2, -0.15) is 4.37 Å². The Hall–Kier alpha value is -2.51. The molecule has 1 aliphatic heterocycles. The number of halogens is 2. The molecule has 4 rings (SSSR count). The quantitative estimate of drug-likeness (QED) is 0.620. The molecule has 5 nitrogen and oxygen atoms in total. The molecular formula is C21H20ClFN4OS. The minimum absolute atomic E-state index is 0.0355. The predicted molar refractivity (Wildman–Crippen MR) is 113 cm³/mol. The third-order valence-electron chi connectivity index (χ3n) is 4.89. The van der Waals surface area contributed by atoms with Crippen LogP contribution in [0.2, 0.25) is 5.02 Å². The number of nitrogens with zero attached hydrogens (tertiary/aromatic N) is 4. The van der Waals surface area contributed by atoms with Crippen molar-refractivity contribution in [1.29, 1.82) is 0 Å².